The van der Waals surface area contributed by atoms with Crippen LogP contribution >= 0.6 is 12.2 Å². The van der Waals surface area contributed by atoms with Gasteiger partial charge in [-0.25, -0.2) is 9.66 Å². The van der Waals surface area contributed by atoms with Gasteiger partial charge in [0.1, 0.15) is 6.67 Å². The van der Waals surface area contributed by atoms with Crippen LogP contribution in [-0.4, -0.2) is 19.4 Å². The van der Waals surface area contributed by atoms with Crippen LogP contribution in [0.2, 0.25) is 0 Å². The van der Waals surface area contributed by atoms with Crippen molar-refractivity contribution in [2.45, 2.75) is 13.1 Å². The fourth-order valence-electron chi connectivity index (χ4n) is 3.49. The summed E-state index contributed by atoms with van der Waals surface area (Å²) in [5.41, 5.74) is 5.45. The van der Waals surface area contributed by atoms with Gasteiger partial charge in [0, 0.05) is 5.56 Å². The first-order valence-electron chi connectivity index (χ1n) is 10.1. The van der Waals surface area contributed by atoms with E-state index in [-0.39, 0.29) is 17.1 Å². The van der Waals surface area contributed by atoms with Gasteiger partial charge in [-0.05, 0) is 29.9 Å². The lowest BCUT2D eigenvalue weighted by Gasteiger charge is -2.15. The van der Waals surface area contributed by atoms with E-state index in [9.17, 15) is 4.79 Å². The number of benzene rings is 3. The first kappa shape index (κ1) is 19.9. The van der Waals surface area contributed by atoms with E-state index in [0.29, 0.717) is 29.0 Å². The molecule has 2 heterocycles. The summed E-state index contributed by atoms with van der Waals surface area (Å²) in [7, 11) is 0. The second-order valence-corrected chi connectivity index (χ2v) is 7.55. The molecule has 0 fully saturated rings. The fourth-order valence-corrected chi connectivity index (χ4v) is 3.69. The predicted molar refractivity (Wildman–Crippen MR) is 125 cm³/mol. The van der Waals surface area contributed by atoms with Gasteiger partial charge in [-0.15, -0.1) is 5.10 Å². The highest BCUT2D eigenvalue weighted by Crippen LogP contribution is 2.18. The molecule has 0 aliphatic heterocycles. The highest BCUT2D eigenvalue weighted by Gasteiger charge is 2.13. The number of nitrogens with zero attached hydrogens (tertiary/aromatic N) is 4. The third kappa shape index (κ3) is 3.95. The van der Waals surface area contributed by atoms with E-state index in [1.807, 2.05) is 78.9 Å². The topological polar surface area (TPSA) is 77.9 Å². The maximum Gasteiger partial charge on any atom is 0.288 e. The lowest BCUT2D eigenvalue weighted by atomic mass is 10.2. The summed E-state index contributed by atoms with van der Waals surface area (Å²) >= 11 is 5.33. The van der Waals surface area contributed by atoms with Crippen molar-refractivity contribution in [3.63, 3.8) is 0 Å². The van der Waals surface area contributed by atoms with Crippen LogP contribution in [-0.2, 0) is 13.1 Å². The number of nitrogens with one attached hydrogen (secondary N) is 1. The van der Waals surface area contributed by atoms with Crippen molar-refractivity contribution in [1.29, 1.82) is 0 Å². The van der Waals surface area contributed by atoms with Crippen molar-refractivity contribution in [3.05, 3.63) is 112 Å². The van der Waals surface area contributed by atoms with E-state index >= 15 is 0 Å². The number of rotatable bonds is 6. The van der Waals surface area contributed by atoms with Crippen LogP contribution in [0.4, 0.5) is 0 Å². The van der Waals surface area contributed by atoms with Crippen LogP contribution < -0.4 is 11.0 Å². The zero-order valence-corrected chi connectivity index (χ0v) is 17.8. The van der Waals surface area contributed by atoms with Crippen molar-refractivity contribution < 1.29 is 4.42 Å². The summed E-state index contributed by atoms with van der Waals surface area (Å²) in [6.07, 6.45) is 0.532. The van der Waals surface area contributed by atoms with Gasteiger partial charge in [-0.1, -0.05) is 72.8 Å². The Kier molecular flexibility index (Phi) is 5.35. The zero-order valence-electron chi connectivity index (χ0n) is 17.0. The molecule has 32 heavy (non-hydrogen) atoms. The van der Waals surface area contributed by atoms with Crippen LogP contribution in [0.25, 0.3) is 22.3 Å². The molecule has 1 N–H and O–H groups in total. The van der Waals surface area contributed by atoms with Gasteiger partial charge < -0.3 is 4.42 Å². The van der Waals surface area contributed by atoms with Gasteiger partial charge in [0.05, 0.1) is 17.3 Å². The van der Waals surface area contributed by atoms with Crippen molar-refractivity contribution in [3.8, 4) is 11.4 Å². The summed E-state index contributed by atoms with van der Waals surface area (Å²) in [6.45, 7) is 0.150. The summed E-state index contributed by atoms with van der Waals surface area (Å²) in [6, 6.07) is 26.7. The molecule has 2 aromatic heterocycles. The molecule has 0 atom stereocenters. The number of aromatic nitrogens is 4. The zero-order chi connectivity index (χ0) is 21.9. The smallest absolute Gasteiger partial charge is 0.288 e. The van der Waals surface area contributed by atoms with E-state index in [2.05, 4.69) is 10.5 Å². The molecule has 158 valence electrons. The summed E-state index contributed by atoms with van der Waals surface area (Å²) in [5.74, 6) is 1.02. The van der Waals surface area contributed by atoms with Gasteiger partial charge in [-0.2, -0.15) is 4.68 Å². The van der Waals surface area contributed by atoms with Gasteiger partial charge in [-0.3, -0.25) is 10.2 Å². The quantitative estimate of drug-likeness (QED) is 0.394. The molecule has 0 radical (unpaired) electrons. The van der Waals surface area contributed by atoms with Gasteiger partial charge in [0.25, 0.3) is 10.4 Å². The highest BCUT2D eigenvalue weighted by atomic mass is 32.1. The standard InChI is InChI=1S/C24H19N5O2S/c30-23-19-13-7-8-14-20(19)26-22(18-11-5-2-6-12-18)29(23)25-16-28-24(32)31-21(27-28)15-17-9-3-1-4-10-17/h1-14,25H,15-16H2. The lowest BCUT2D eigenvalue weighted by Crippen LogP contribution is -2.33. The second-order valence-electron chi connectivity index (χ2n) is 7.20. The number of hydrogen-bond donors (Lipinski definition) is 1. The Balaban J connectivity index is 1.49. The van der Waals surface area contributed by atoms with E-state index in [4.69, 9.17) is 21.6 Å². The molecular formula is C24H19N5O2S. The van der Waals surface area contributed by atoms with E-state index in [0.717, 1.165) is 11.1 Å². The largest absolute Gasteiger partial charge is 0.414 e. The molecule has 8 heteroatoms. The molecule has 0 amide bonds. The molecule has 0 spiro atoms. The molecule has 0 aliphatic rings. The molecule has 0 aliphatic carbocycles. The molecule has 5 aromatic rings. The van der Waals surface area contributed by atoms with Crippen LogP contribution in [0.15, 0.2) is 94.1 Å². The normalized spacial score (nSPS) is 11.0. The minimum atomic E-state index is -0.200. The van der Waals surface area contributed by atoms with Crippen LogP contribution in [0.1, 0.15) is 11.5 Å². The maximum absolute atomic E-state index is 13.3. The molecule has 3 aromatic carbocycles. The van der Waals surface area contributed by atoms with Crippen molar-refractivity contribution in [1.82, 2.24) is 19.4 Å². The molecule has 0 unspecified atom stereocenters. The highest BCUT2D eigenvalue weighted by molar-refractivity contribution is 7.71. The fraction of sp³-hybridized carbons (Fsp3) is 0.0833. The molecule has 0 bridgehead atoms. The van der Waals surface area contributed by atoms with Gasteiger partial charge >= 0.3 is 0 Å². The average molecular weight is 442 g/mol. The SMILES string of the molecule is O=c1c2ccccc2nc(-c2ccccc2)n1NCn1nc(Cc2ccccc2)oc1=S. The minimum Gasteiger partial charge on any atom is -0.414 e. The molecule has 7 nitrogen and oxygen atoms in total. The Morgan fingerprint density at radius 1 is 0.906 bits per heavy atom. The number of hydrogen-bond acceptors (Lipinski definition) is 6. The van der Waals surface area contributed by atoms with Crippen LogP contribution in [0.5, 0.6) is 0 Å². The van der Waals surface area contributed by atoms with Crippen molar-refractivity contribution >= 4 is 23.1 Å². The Hall–Kier alpha value is -4.04. The maximum atomic E-state index is 13.3. The summed E-state index contributed by atoms with van der Waals surface area (Å²) in [5, 5.41) is 4.98. The lowest BCUT2D eigenvalue weighted by molar-refractivity contribution is 0.477. The van der Waals surface area contributed by atoms with E-state index in [1.54, 1.807) is 6.07 Å². The van der Waals surface area contributed by atoms with Crippen LogP contribution in [0, 0.1) is 4.84 Å². The first-order chi connectivity index (χ1) is 15.7. The van der Waals surface area contributed by atoms with Crippen molar-refractivity contribution in [2.75, 3.05) is 5.43 Å². The van der Waals surface area contributed by atoms with E-state index in [1.165, 1.54) is 9.36 Å². The Bertz CT molecular complexity index is 1490. The Morgan fingerprint density at radius 2 is 1.59 bits per heavy atom. The number of fused-ring (bicyclic) bond motifs is 1. The summed E-state index contributed by atoms with van der Waals surface area (Å²) in [4.78, 5) is 18.2. The summed E-state index contributed by atoms with van der Waals surface area (Å²) < 4.78 is 8.60. The third-order valence-electron chi connectivity index (χ3n) is 5.03. The molecular weight excluding hydrogens is 422 g/mol. The molecule has 0 saturated carbocycles. The van der Waals surface area contributed by atoms with Crippen molar-refractivity contribution in [2.24, 2.45) is 0 Å². The molecule has 5 rings (SSSR count). The van der Waals surface area contributed by atoms with E-state index < -0.39 is 0 Å². The van der Waals surface area contributed by atoms with Gasteiger partial charge in [0.2, 0.25) is 5.89 Å². The monoisotopic (exact) mass is 441 g/mol. The first-order valence-corrected chi connectivity index (χ1v) is 10.5. The van der Waals surface area contributed by atoms with Crippen LogP contribution in [0.3, 0.4) is 0 Å². The second kappa shape index (κ2) is 8.60. The van der Waals surface area contributed by atoms with Gasteiger partial charge in [0.15, 0.2) is 5.82 Å². The Morgan fingerprint density at radius 3 is 2.38 bits per heavy atom. The number of para-hydroxylation sites is 1. The minimum absolute atomic E-state index is 0.150. The average Bonchev–Trinajstić information content (AvgIpc) is 3.18. The third-order valence-corrected chi connectivity index (χ3v) is 5.33. The predicted octanol–water partition coefficient (Wildman–Crippen LogP) is 4.37. The molecule has 0 saturated heterocycles. The Labute approximate surface area is 188 Å².